The topological polar surface area (TPSA) is 113 Å². The Morgan fingerprint density at radius 2 is 1.87 bits per heavy atom. The molecular weight excluding hydrogens is 318 g/mol. The smallest absolute Gasteiger partial charge is 0.282 e. The molecule has 1 aliphatic rings. The van der Waals surface area contributed by atoms with Gasteiger partial charge in [0.1, 0.15) is 5.75 Å². The quantitative estimate of drug-likeness (QED) is 0.440. The second-order valence-corrected chi connectivity index (χ2v) is 6.90. The van der Waals surface area contributed by atoms with Crippen LogP contribution in [0.1, 0.15) is 15.9 Å². The lowest BCUT2D eigenvalue weighted by Gasteiger charge is -2.18. The van der Waals surface area contributed by atoms with Gasteiger partial charge in [0.05, 0.1) is 4.90 Å². The first-order valence-electron chi connectivity index (χ1n) is 6.90. The normalized spacial score (nSPS) is 13.3. The van der Waals surface area contributed by atoms with Gasteiger partial charge < -0.3 is 10.4 Å². The van der Waals surface area contributed by atoms with E-state index in [2.05, 4.69) is 5.32 Å². The minimum Gasteiger partial charge on any atom is -0.508 e. The van der Waals surface area contributed by atoms with E-state index in [0.29, 0.717) is 18.5 Å². The van der Waals surface area contributed by atoms with Gasteiger partial charge in [0.25, 0.3) is 15.9 Å². The Hall–Kier alpha value is -2.58. The molecule has 8 heteroatoms. The average Bonchev–Trinajstić information content (AvgIpc) is 3.02. The van der Waals surface area contributed by atoms with Crippen molar-refractivity contribution in [2.24, 2.45) is 5.84 Å². The fraction of sp³-hybridized carbons (Fsp3) is 0.133. The van der Waals surface area contributed by atoms with Gasteiger partial charge >= 0.3 is 0 Å². The third kappa shape index (κ3) is 2.62. The van der Waals surface area contributed by atoms with Crippen LogP contribution in [0.15, 0.2) is 47.4 Å². The first kappa shape index (κ1) is 15.3. The number of phenols is 1. The second kappa shape index (κ2) is 5.56. The van der Waals surface area contributed by atoms with Crippen molar-refractivity contribution in [1.29, 1.82) is 0 Å². The summed E-state index contributed by atoms with van der Waals surface area (Å²) in [5.74, 6) is 4.71. The van der Waals surface area contributed by atoms with Crippen LogP contribution in [0.4, 0.5) is 5.69 Å². The number of nitrogens with two attached hydrogens (primary N) is 1. The van der Waals surface area contributed by atoms with Gasteiger partial charge in [0.2, 0.25) is 0 Å². The summed E-state index contributed by atoms with van der Waals surface area (Å²) in [6.45, 7) is 0.637. The lowest BCUT2D eigenvalue weighted by Crippen LogP contribution is -2.42. The van der Waals surface area contributed by atoms with E-state index in [9.17, 15) is 18.3 Å². The van der Waals surface area contributed by atoms with Crippen molar-refractivity contribution >= 4 is 21.6 Å². The summed E-state index contributed by atoms with van der Waals surface area (Å²) in [7, 11) is -4.16. The van der Waals surface area contributed by atoms with Crippen LogP contribution in [0.3, 0.4) is 0 Å². The molecule has 1 aliphatic heterocycles. The van der Waals surface area contributed by atoms with Crippen LogP contribution >= 0.6 is 0 Å². The molecule has 2 aromatic carbocycles. The molecule has 7 nitrogen and oxygen atoms in total. The summed E-state index contributed by atoms with van der Waals surface area (Å²) < 4.78 is 25.6. The SMILES string of the molecule is NN(C(=O)c1ccc(O)cc1)S(=O)(=O)c1cccc2c1CCN2. The number of hydrogen-bond donors (Lipinski definition) is 3. The van der Waals surface area contributed by atoms with Crippen LogP contribution in [-0.2, 0) is 16.4 Å². The van der Waals surface area contributed by atoms with Gasteiger partial charge in [-0.3, -0.25) is 4.79 Å². The molecule has 0 radical (unpaired) electrons. The van der Waals surface area contributed by atoms with E-state index in [1.165, 1.54) is 30.3 Å². The van der Waals surface area contributed by atoms with Gasteiger partial charge in [-0.1, -0.05) is 6.07 Å². The van der Waals surface area contributed by atoms with E-state index < -0.39 is 15.9 Å². The number of amides is 1. The second-order valence-electron chi connectivity index (χ2n) is 5.11. The molecule has 0 bridgehead atoms. The number of benzene rings is 2. The van der Waals surface area contributed by atoms with Crippen LogP contribution in [0.25, 0.3) is 0 Å². The summed E-state index contributed by atoms with van der Waals surface area (Å²) in [5.41, 5.74) is 1.43. The molecule has 120 valence electrons. The summed E-state index contributed by atoms with van der Waals surface area (Å²) >= 11 is 0. The van der Waals surface area contributed by atoms with E-state index in [-0.39, 0.29) is 20.6 Å². The fourth-order valence-electron chi connectivity index (χ4n) is 2.50. The van der Waals surface area contributed by atoms with Gasteiger partial charge in [-0.25, -0.2) is 5.84 Å². The fourth-order valence-corrected chi connectivity index (χ4v) is 3.81. The number of carbonyl (C=O) groups excluding carboxylic acids is 1. The summed E-state index contributed by atoms with van der Waals surface area (Å²) in [6, 6.07) is 10.0. The molecule has 0 atom stereocenters. The van der Waals surface area contributed by atoms with Crippen LogP contribution < -0.4 is 11.2 Å². The van der Waals surface area contributed by atoms with Gasteiger partial charge in [-0.15, -0.1) is 0 Å². The highest BCUT2D eigenvalue weighted by Gasteiger charge is 2.31. The maximum absolute atomic E-state index is 12.7. The van der Waals surface area contributed by atoms with Crippen LogP contribution in [0.5, 0.6) is 5.75 Å². The largest absolute Gasteiger partial charge is 0.508 e. The van der Waals surface area contributed by atoms with Gasteiger partial charge in [0.15, 0.2) is 0 Å². The number of sulfonamides is 1. The van der Waals surface area contributed by atoms with E-state index in [1.807, 2.05) is 0 Å². The lowest BCUT2D eigenvalue weighted by atomic mass is 10.2. The Balaban J connectivity index is 1.98. The maximum Gasteiger partial charge on any atom is 0.282 e. The summed E-state index contributed by atoms with van der Waals surface area (Å²) in [5, 5.41) is 12.3. The highest BCUT2D eigenvalue weighted by atomic mass is 32.2. The molecule has 1 heterocycles. The predicted octanol–water partition coefficient (Wildman–Crippen LogP) is 1.06. The van der Waals surface area contributed by atoms with Crippen molar-refractivity contribution in [1.82, 2.24) is 4.41 Å². The molecule has 0 saturated carbocycles. The van der Waals surface area contributed by atoms with Crippen LogP contribution in [0, 0.1) is 0 Å². The van der Waals surface area contributed by atoms with Crippen LogP contribution in [-0.4, -0.2) is 30.4 Å². The van der Waals surface area contributed by atoms with E-state index >= 15 is 0 Å². The molecule has 0 fully saturated rings. The van der Waals surface area contributed by atoms with Crippen molar-refractivity contribution in [2.45, 2.75) is 11.3 Å². The number of aromatic hydroxyl groups is 1. The number of nitrogens with one attached hydrogen (secondary N) is 1. The molecule has 3 rings (SSSR count). The maximum atomic E-state index is 12.7. The van der Waals surface area contributed by atoms with Crippen molar-refractivity contribution in [3.8, 4) is 5.75 Å². The molecule has 1 amide bonds. The summed E-state index contributed by atoms with van der Waals surface area (Å²) in [4.78, 5) is 12.3. The van der Waals surface area contributed by atoms with Crippen LogP contribution in [0.2, 0.25) is 0 Å². The van der Waals surface area contributed by atoms with Gasteiger partial charge in [0, 0.05) is 17.8 Å². The van der Waals surface area contributed by atoms with Crippen molar-refractivity contribution in [3.05, 3.63) is 53.6 Å². The number of hydrogen-bond acceptors (Lipinski definition) is 6. The minimum absolute atomic E-state index is 0.0228. The zero-order valence-corrected chi connectivity index (χ0v) is 12.9. The lowest BCUT2D eigenvalue weighted by molar-refractivity contribution is 0.0861. The summed E-state index contributed by atoms with van der Waals surface area (Å²) in [6.07, 6.45) is 0.548. The Morgan fingerprint density at radius 3 is 2.57 bits per heavy atom. The highest BCUT2D eigenvalue weighted by molar-refractivity contribution is 7.89. The molecule has 0 aliphatic carbocycles. The zero-order valence-electron chi connectivity index (χ0n) is 12.1. The Kier molecular flexibility index (Phi) is 3.70. The molecular formula is C15H15N3O4S. The Labute approximate surface area is 133 Å². The number of rotatable bonds is 3. The highest BCUT2D eigenvalue weighted by Crippen LogP contribution is 2.30. The standard InChI is InChI=1S/C15H15N3O4S/c16-18(15(20)10-4-6-11(19)7-5-10)23(21,22)14-3-1-2-13-12(14)8-9-17-13/h1-7,17,19H,8-9,16H2. The molecule has 0 saturated heterocycles. The number of carbonyl (C=O) groups is 1. The van der Waals surface area contributed by atoms with Crippen molar-refractivity contribution in [3.63, 3.8) is 0 Å². The molecule has 0 aromatic heterocycles. The van der Waals surface area contributed by atoms with Gasteiger partial charge in [-0.2, -0.15) is 12.8 Å². The third-order valence-electron chi connectivity index (χ3n) is 3.67. The number of nitrogens with zero attached hydrogens (tertiary/aromatic N) is 1. The number of anilines is 1. The molecule has 4 N–H and O–H groups in total. The van der Waals surface area contributed by atoms with Gasteiger partial charge in [-0.05, 0) is 48.4 Å². The monoisotopic (exact) mass is 333 g/mol. The zero-order chi connectivity index (χ0) is 16.6. The number of hydrazine groups is 1. The van der Waals surface area contributed by atoms with E-state index in [0.717, 1.165) is 5.69 Å². The Morgan fingerprint density at radius 1 is 1.17 bits per heavy atom. The minimum atomic E-state index is -4.16. The average molecular weight is 333 g/mol. The predicted molar refractivity (Wildman–Crippen MR) is 84.3 cm³/mol. The van der Waals surface area contributed by atoms with Crippen molar-refractivity contribution < 1.29 is 18.3 Å². The first-order valence-corrected chi connectivity index (χ1v) is 8.34. The number of phenolic OH excluding ortho intramolecular Hbond substituents is 1. The number of fused-ring (bicyclic) bond motifs is 1. The molecule has 0 spiro atoms. The Bertz CT molecular complexity index is 863. The van der Waals surface area contributed by atoms with E-state index in [4.69, 9.17) is 5.84 Å². The third-order valence-corrected chi connectivity index (χ3v) is 5.30. The van der Waals surface area contributed by atoms with Crippen molar-refractivity contribution in [2.75, 3.05) is 11.9 Å². The molecule has 0 unspecified atom stereocenters. The first-order chi connectivity index (χ1) is 10.9. The molecule has 2 aromatic rings. The van der Waals surface area contributed by atoms with E-state index in [1.54, 1.807) is 12.1 Å². The molecule has 23 heavy (non-hydrogen) atoms.